The first kappa shape index (κ1) is 22.9. The van der Waals surface area contributed by atoms with Gasteiger partial charge < -0.3 is 15.2 Å². The van der Waals surface area contributed by atoms with Crippen molar-refractivity contribution in [1.29, 1.82) is 0 Å². The second-order valence-corrected chi connectivity index (χ2v) is 6.37. The first-order valence-electron chi connectivity index (χ1n) is 8.66. The minimum Gasteiger partial charge on any atom is -0.480 e. The fourth-order valence-electron chi connectivity index (χ4n) is 2.26. The van der Waals surface area contributed by atoms with Crippen molar-refractivity contribution in [3.63, 3.8) is 0 Å². The predicted molar refractivity (Wildman–Crippen MR) is 99.6 cm³/mol. The minimum absolute atomic E-state index is 0.181. The maximum absolute atomic E-state index is 11.8. The molecule has 2 atom stereocenters. The molecule has 25 heavy (non-hydrogen) atoms. The Balaban J connectivity index is 0.00000277. The van der Waals surface area contributed by atoms with E-state index in [0.717, 1.165) is 5.56 Å². The van der Waals surface area contributed by atoms with Crippen LogP contribution in [-0.4, -0.2) is 34.9 Å². The molecule has 0 heterocycles. The number of nitrogens with one attached hydrogen (secondary N) is 2. The van der Waals surface area contributed by atoms with E-state index < -0.39 is 23.6 Å². The smallest absolute Gasteiger partial charge is 0.407 e. The molecule has 6 heteroatoms. The normalized spacial score (nSPS) is 13.3. The monoisotopic (exact) mass is 352 g/mol. The Bertz CT molecular complexity index is 529. The van der Waals surface area contributed by atoms with Crippen LogP contribution in [0.5, 0.6) is 0 Å². The van der Waals surface area contributed by atoms with Gasteiger partial charge in [-0.05, 0) is 40.2 Å². The number of rotatable bonds is 7. The summed E-state index contributed by atoms with van der Waals surface area (Å²) in [6, 6.07) is 8.38. The Morgan fingerprint density at radius 3 is 2.04 bits per heavy atom. The zero-order valence-electron chi connectivity index (χ0n) is 16.3. The van der Waals surface area contributed by atoms with Gasteiger partial charge in [-0.25, -0.2) is 4.79 Å². The Hall–Kier alpha value is -2.08. The minimum atomic E-state index is -1.04. The number of amides is 1. The number of carbonyl (C=O) groups excluding carboxylic acids is 1. The number of alkyl carbamates (subject to hydrolysis) is 1. The zero-order chi connectivity index (χ0) is 19.6. The van der Waals surface area contributed by atoms with Crippen LogP contribution in [0.1, 0.15) is 60.1 Å². The summed E-state index contributed by atoms with van der Waals surface area (Å²) in [5.41, 5.74) is -0.0554. The van der Waals surface area contributed by atoms with E-state index in [9.17, 15) is 14.7 Å². The third-order valence-corrected chi connectivity index (χ3v) is 3.45. The predicted octanol–water partition coefficient (Wildman–Crippen LogP) is 3.73. The van der Waals surface area contributed by atoms with Gasteiger partial charge in [0.2, 0.25) is 0 Å². The number of hydrogen-bond acceptors (Lipinski definition) is 4. The molecule has 0 saturated carbocycles. The van der Waals surface area contributed by atoms with Crippen molar-refractivity contribution in [2.24, 2.45) is 0 Å². The van der Waals surface area contributed by atoms with Crippen molar-refractivity contribution >= 4 is 12.1 Å². The summed E-state index contributed by atoms with van der Waals surface area (Å²) < 4.78 is 5.03. The van der Waals surface area contributed by atoms with Crippen LogP contribution in [0.15, 0.2) is 30.3 Å². The molecule has 1 amide bonds. The van der Waals surface area contributed by atoms with E-state index in [1.807, 2.05) is 51.1 Å². The SMILES string of the molecule is CC.CC(C)OC(=O)NC(C)(C)[C@H](N[C@@H](C)c1ccccc1)C(=O)O. The number of aliphatic carboxylic acids is 1. The quantitative estimate of drug-likeness (QED) is 0.696. The Labute approximate surface area is 151 Å². The average Bonchev–Trinajstić information content (AvgIpc) is 2.53. The lowest BCUT2D eigenvalue weighted by atomic mass is 9.93. The molecule has 0 fully saturated rings. The van der Waals surface area contributed by atoms with Gasteiger partial charge in [0.1, 0.15) is 6.04 Å². The van der Waals surface area contributed by atoms with Gasteiger partial charge in [-0.15, -0.1) is 0 Å². The van der Waals surface area contributed by atoms with Crippen molar-refractivity contribution < 1.29 is 19.4 Å². The molecule has 0 unspecified atom stereocenters. The van der Waals surface area contributed by atoms with Crippen LogP contribution in [0, 0.1) is 0 Å². The highest BCUT2D eigenvalue weighted by Crippen LogP contribution is 2.17. The van der Waals surface area contributed by atoms with Crippen LogP contribution < -0.4 is 10.6 Å². The number of carboxylic acid groups (broad SMARTS) is 1. The lowest BCUT2D eigenvalue weighted by Gasteiger charge is -2.34. The van der Waals surface area contributed by atoms with E-state index in [2.05, 4.69) is 10.6 Å². The van der Waals surface area contributed by atoms with E-state index in [4.69, 9.17) is 4.74 Å². The van der Waals surface area contributed by atoms with Gasteiger partial charge in [0.15, 0.2) is 0 Å². The molecule has 0 saturated heterocycles. The molecule has 1 aromatic carbocycles. The van der Waals surface area contributed by atoms with Crippen LogP contribution in [0.25, 0.3) is 0 Å². The molecule has 0 aliphatic rings. The molecule has 0 radical (unpaired) electrons. The lowest BCUT2D eigenvalue weighted by Crippen LogP contribution is -2.61. The Kier molecular flexibility index (Phi) is 9.82. The highest BCUT2D eigenvalue weighted by molar-refractivity contribution is 5.77. The average molecular weight is 352 g/mol. The first-order valence-corrected chi connectivity index (χ1v) is 8.66. The molecule has 1 aromatic rings. The van der Waals surface area contributed by atoms with E-state index >= 15 is 0 Å². The van der Waals surface area contributed by atoms with Gasteiger partial charge in [-0.1, -0.05) is 44.2 Å². The summed E-state index contributed by atoms with van der Waals surface area (Å²) in [6.07, 6.45) is -0.907. The van der Waals surface area contributed by atoms with Gasteiger partial charge in [-0.3, -0.25) is 10.1 Å². The van der Waals surface area contributed by atoms with Crippen molar-refractivity contribution in [3.05, 3.63) is 35.9 Å². The number of benzene rings is 1. The van der Waals surface area contributed by atoms with Crippen LogP contribution in [0.3, 0.4) is 0 Å². The van der Waals surface area contributed by atoms with Crippen LogP contribution in [-0.2, 0) is 9.53 Å². The molecular weight excluding hydrogens is 320 g/mol. The van der Waals surface area contributed by atoms with E-state index in [0.29, 0.717) is 0 Å². The summed E-state index contributed by atoms with van der Waals surface area (Å²) in [5, 5.41) is 15.2. The molecule has 3 N–H and O–H groups in total. The molecule has 0 aromatic heterocycles. The highest BCUT2D eigenvalue weighted by atomic mass is 16.6. The first-order chi connectivity index (χ1) is 11.6. The summed E-state index contributed by atoms with van der Waals surface area (Å²) >= 11 is 0. The molecular formula is C19H32N2O4. The second kappa shape index (κ2) is 10.7. The molecule has 142 valence electrons. The van der Waals surface area contributed by atoms with Crippen molar-refractivity contribution in [2.45, 2.75) is 72.2 Å². The maximum atomic E-state index is 11.8. The van der Waals surface area contributed by atoms with Gasteiger partial charge in [0, 0.05) is 6.04 Å². The third-order valence-electron chi connectivity index (χ3n) is 3.45. The lowest BCUT2D eigenvalue weighted by molar-refractivity contribution is -0.141. The van der Waals surface area contributed by atoms with Crippen LogP contribution in [0.2, 0.25) is 0 Å². The molecule has 1 rings (SSSR count). The molecule has 0 spiro atoms. The fraction of sp³-hybridized carbons (Fsp3) is 0.579. The zero-order valence-corrected chi connectivity index (χ0v) is 16.3. The van der Waals surface area contributed by atoms with Gasteiger partial charge in [-0.2, -0.15) is 0 Å². The molecule has 0 aliphatic carbocycles. The van der Waals surface area contributed by atoms with E-state index in [1.54, 1.807) is 27.7 Å². The van der Waals surface area contributed by atoms with Gasteiger partial charge in [0.05, 0.1) is 11.6 Å². The summed E-state index contributed by atoms with van der Waals surface area (Å²) in [5.74, 6) is -1.04. The standard InChI is InChI=1S/C17H26N2O4.C2H6/c1-11(2)23-16(22)19-17(4,5)14(15(20)21)18-12(3)13-9-7-6-8-10-13;1-2/h6-12,14,18H,1-5H3,(H,19,22)(H,20,21);1-2H3/t12-,14+;/m0./s1. The summed E-state index contributed by atoms with van der Waals surface area (Å²) in [4.78, 5) is 23.5. The van der Waals surface area contributed by atoms with Crippen LogP contribution >= 0.6 is 0 Å². The van der Waals surface area contributed by atoms with Crippen molar-refractivity contribution in [1.82, 2.24) is 10.6 Å². The van der Waals surface area contributed by atoms with Gasteiger partial charge in [0.25, 0.3) is 0 Å². The highest BCUT2D eigenvalue weighted by Gasteiger charge is 2.38. The van der Waals surface area contributed by atoms with Crippen molar-refractivity contribution in [2.75, 3.05) is 0 Å². The molecule has 0 bridgehead atoms. The topological polar surface area (TPSA) is 87.7 Å². The Morgan fingerprint density at radius 2 is 1.60 bits per heavy atom. The Morgan fingerprint density at radius 1 is 1.08 bits per heavy atom. The van der Waals surface area contributed by atoms with Crippen molar-refractivity contribution in [3.8, 4) is 0 Å². The second-order valence-electron chi connectivity index (χ2n) is 6.37. The number of ether oxygens (including phenoxy) is 1. The number of carboxylic acids is 1. The number of carbonyl (C=O) groups is 2. The summed E-state index contributed by atoms with van der Waals surface area (Å²) in [7, 11) is 0. The fourth-order valence-corrected chi connectivity index (χ4v) is 2.26. The maximum Gasteiger partial charge on any atom is 0.407 e. The molecule has 0 aliphatic heterocycles. The van der Waals surface area contributed by atoms with E-state index in [-0.39, 0.29) is 12.1 Å². The summed E-state index contributed by atoms with van der Waals surface area (Å²) in [6.45, 7) is 12.7. The third kappa shape index (κ3) is 8.03. The molecule has 6 nitrogen and oxygen atoms in total. The number of hydrogen-bond donors (Lipinski definition) is 3. The van der Waals surface area contributed by atoms with Crippen LogP contribution in [0.4, 0.5) is 4.79 Å². The van der Waals surface area contributed by atoms with Gasteiger partial charge >= 0.3 is 12.1 Å². The van der Waals surface area contributed by atoms with E-state index in [1.165, 1.54) is 0 Å². The largest absolute Gasteiger partial charge is 0.480 e.